The Bertz CT molecular complexity index is 1030. The van der Waals surface area contributed by atoms with E-state index in [4.69, 9.17) is 4.74 Å². The minimum absolute atomic E-state index is 0.107. The molecule has 0 fully saturated rings. The first-order valence-corrected chi connectivity index (χ1v) is 11.4. The van der Waals surface area contributed by atoms with Crippen molar-refractivity contribution < 1.29 is 17.9 Å². The fraction of sp³-hybridized carbons (Fsp3) is 0.333. The van der Waals surface area contributed by atoms with Gasteiger partial charge < -0.3 is 4.74 Å². The predicted octanol–water partition coefficient (Wildman–Crippen LogP) is 3.54. The lowest BCUT2D eigenvalue weighted by atomic mass is 9.97. The maximum absolute atomic E-state index is 12.6. The van der Waals surface area contributed by atoms with Crippen LogP contribution >= 0.6 is 0 Å². The number of benzene rings is 2. The van der Waals surface area contributed by atoms with E-state index in [9.17, 15) is 13.2 Å². The number of hydrazone groups is 1. The van der Waals surface area contributed by atoms with Crippen molar-refractivity contribution in [1.29, 1.82) is 0 Å². The van der Waals surface area contributed by atoms with Gasteiger partial charge >= 0.3 is 0 Å². The van der Waals surface area contributed by atoms with Crippen LogP contribution in [0.25, 0.3) is 0 Å². The van der Waals surface area contributed by atoms with Gasteiger partial charge in [-0.25, -0.2) is 13.4 Å². The Morgan fingerprint density at radius 3 is 2.55 bits per heavy atom. The number of para-hydroxylation sites is 2. The van der Waals surface area contributed by atoms with Gasteiger partial charge in [-0.1, -0.05) is 43.3 Å². The van der Waals surface area contributed by atoms with Gasteiger partial charge in [-0.2, -0.15) is 5.10 Å². The van der Waals surface area contributed by atoms with Crippen LogP contribution in [-0.4, -0.2) is 37.9 Å². The smallest absolute Gasteiger partial charge is 0.242 e. The lowest BCUT2D eigenvalue weighted by Gasteiger charge is -2.23. The number of anilines is 1. The molecular weight excluding hydrogens is 390 g/mol. The number of amides is 1. The molecule has 1 aliphatic rings. The Morgan fingerprint density at radius 1 is 1.17 bits per heavy atom. The molecule has 1 aliphatic heterocycles. The predicted molar refractivity (Wildman–Crippen MR) is 114 cm³/mol. The molecule has 2 aromatic carbocycles. The number of sulfonamides is 1. The van der Waals surface area contributed by atoms with Crippen molar-refractivity contribution in [3.63, 3.8) is 0 Å². The molecule has 1 atom stereocenters. The van der Waals surface area contributed by atoms with Crippen LogP contribution in [0.15, 0.2) is 53.6 Å². The average Bonchev–Trinajstić information content (AvgIpc) is 3.12. The van der Waals surface area contributed by atoms with Crippen molar-refractivity contribution in [1.82, 2.24) is 5.01 Å². The van der Waals surface area contributed by atoms with Crippen LogP contribution in [0.1, 0.15) is 43.9 Å². The van der Waals surface area contributed by atoms with E-state index in [1.807, 2.05) is 37.3 Å². The van der Waals surface area contributed by atoms with Crippen LogP contribution < -0.4 is 9.46 Å². The van der Waals surface area contributed by atoms with Crippen LogP contribution in [0.5, 0.6) is 5.75 Å². The summed E-state index contributed by atoms with van der Waals surface area (Å²) in [5.74, 6) is 0.609. The molecule has 2 aromatic rings. The summed E-state index contributed by atoms with van der Waals surface area (Å²) >= 11 is 0. The summed E-state index contributed by atoms with van der Waals surface area (Å²) in [7, 11) is -3.45. The van der Waals surface area contributed by atoms with Gasteiger partial charge in [0.1, 0.15) is 5.75 Å². The molecule has 1 N–H and O–H groups in total. The second-order valence-electron chi connectivity index (χ2n) is 6.75. The third kappa shape index (κ3) is 4.76. The zero-order valence-electron chi connectivity index (χ0n) is 16.8. The highest BCUT2D eigenvalue weighted by atomic mass is 32.2. The van der Waals surface area contributed by atoms with Gasteiger partial charge in [-0.3, -0.25) is 9.52 Å². The maximum Gasteiger partial charge on any atom is 0.242 e. The van der Waals surface area contributed by atoms with Gasteiger partial charge in [0.2, 0.25) is 15.9 Å². The van der Waals surface area contributed by atoms with Crippen molar-refractivity contribution in [2.45, 2.75) is 32.7 Å². The lowest BCUT2D eigenvalue weighted by Crippen LogP contribution is -2.26. The molecule has 0 aliphatic carbocycles. The summed E-state index contributed by atoms with van der Waals surface area (Å²) in [6.45, 7) is 4.22. The molecule has 8 heteroatoms. The van der Waals surface area contributed by atoms with Crippen LogP contribution in [0.4, 0.5) is 5.69 Å². The standard InChI is InChI=1S/C21H25N3O4S/c1-4-21(25)24-19(16-11-7-9-13-20(16)28-5-2)14-18(22-24)15-10-6-8-12-17(15)23-29(3,26)27/h6-13,19,23H,4-5,14H2,1-3H3/t19-/m1/s1. The van der Waals surface area contributed by atoms with Crippen molar-refractivity contribution >= 4 is 27.3 Å². The number of nitrogens with one attached hydrogen (secondary N) is 1. The first-order valence-electron chi connectivity index (χ1n) is 9.52. The molecule has 7 nitrogen and oxygen atoms in total. The van der Waals surface area contributed by atoms with Gasteiger partial charge in [0.15, 0.2) is 0 Å². The highest BCUT2D eigenvalue weighted by Gasteiger charge is 2.34. The Labute approximate surface area is 171 Å². The summed E-state index contributed by atoms with van der Waals surface area (Å²) in [6.07, 6.45) is 1.87. The van der Waals surface area contributed by atoms with Gasteiger partial charge in [-0.05, 0) is 19.1 Å². The highest BCUT2D eigenvalue weighted by molar-refractivity contribution is 7.92. The number of carbonyl (C=O) groups is 1. The monoisotopic (exact) mass is 415 g/mol. The minimum atomic E-state index is -3.45. The van der Waals surface area contributed by atoms with Crippen molar-refractivity contribution in [3.05, 3.63) is 59.7 Å². The third-order valence-electron chi connectivity index (χ3n) is 4.58. The van der Waals surface area contributed by atoms with E-state index >= 15 is 0 Å². The summed E-state index contributed by atoms with van der Waals surface area (Å²) in [4.78, 5) is 12.6. The largest absolute Gasteiger partial charge is 0.494 e. The van der Waals surface area contributed by atoms with E-state index in [-0.39, 0.29) is 11.9 Å². The molecule has 154 valence electrons. The quantitative estimate of drug-likeness (QED) is 0.749. The summed E-state index contributed by atoms with van der Waals surface area (Å²) in [5, 5.41) is 6.08. The topological polar surface area (TPSA) is 88.1 Å². The first-order chi connectivity index (χ1) is 13.8. The van der Waals surface area contributed by atoms with Gasteiger partial charge in [0.25, 0.3) is 0 Å². The number of carbonyl (C=O) groups excluding carboxylic acids is 1. The molecular formula is C21H25N3O4S. The number of hydrogen-bond acceptors (Lipinski definition) is 5. The number of rotatable bonds is 7. The second-order valence-corrected chi connectivity index (χ2v) is 8.50. The van der Waals surface area contributed by atoms with Crippen LogP contribution in [0.3, 0.4) is 0 Å². The molecule has 0 radical (unpaired) electrons. The Morgan fingerprint density at radius 2 is 1.86 bits per heavy atom. The molecule has 0 spiro atoms. The number of ether oxygens (including phenoxy) is 1. The Hall–Kier alpha value is -2.87. The zero-order chi connectivity index (χ0) is 21.0. The van der Waals surface area contributed by atoms with Gasteiger partial charge in [0, 0.05) is 24.0 Å². The normalized spacial score (nSPS) is 16.4. The van der Waals surface area contributed by atoms with E-state index < -0.39 is 10.0 Å². The zero-order valence-corrected chi connectivity index (χ0v) is 17.6. The van der Waals surface area contributed by atoms with Crippen LogP contribution in [-0.2, 0) is 14.8 Å². The highest BCUT2D eigenvalue weighted by Crippen LogP contribution is 2.38. The van der Waals surface area contributed by atoms with E-state index in [1.165, 1.54) is 5.01 Å². The second kappa shape index (κ2) is 8.65. The number of nitrogens with zero attached hydrogens (tertiary/aromatic N) is 2. The summed E-state index contributed by atoms with van der Waals surface area (Å²) in [5.41, 5.74) is 2.62. The maximum atomic E-state index is 12.6. The SMILES string of the molecule is CCOc1ccccc1[C@H]1CC(c2ccccc2NS(C)(=O)=O)=NN1C(=O)CC. The number of hydrogen-bond donors (Lipinski definition) is 1. The molecule has 29 heavy (non-hydrogen) atoms. The lowest BCUT2D eigenvalue weighted by molar-refractivity contribution is -0.132. The average molecular weight is 416 g/mol. The molecule has 1 amide bonds. The Kier molecular flexibility index (Phi) is 6.22. The van der Waals surface area contributed by atoms with E-state index in [2.05, 4.69) is 9.82 Å². The van der Waals surface area contributed by atoms with Crippen molar-refractivity contribution in [3.8, 4) is 5.75 Å². The molecule has 0 aromatic heterocycles. The Balaban J connectivity index is 2.03. The summed E-state index contributed by atoms with van der Waals surface area (Å²) < 4.78 is 31.8. The molecule has 3 rings (SSSR count). The molecule has 0 bridgehead atoms. The van der Waals surface area contributed by atoms with Crippen molar-refractivity contribution in [2.24, 2.45) is 5.10 Å². The van der Waals surface area contributed by atoms with Crippen molar-refractivity contribution in [2.75, 3.05) is 17.6 Å². The molecule has 1 heterocycles. The van der Waals surface area contributed by atoms with Gasteiger partial charge in [0.05, 0.1) is 30.3 Å². The first kappa shape index (κ1) is 20.9. The molecule has 0 saturated carbocycles. The molecule has 0 unspecified atom stereocenters. The fourth-order valence-electron chi connectivity index (χ4n) is 3.37. The minimum Gasteiger partial charge on any atom is -0.494 e. The van der Waals surface area contributed by atoms with E-state index in [0.717, 1.165) is 11.8 Å². The van der Waals surface area contributed by atoms with Crippen LogP contribution in [0, 0.1) is 0 Å². The van der Waals surface area contributed by atoms with Crippen LogP contribution in [0.2, 0.25) is 0 Å². The van der Waals surface area contributed by atoms with E-state index in [1.54, 1.807) is 25.1 Å². The van der Waals surface area contributed by atoms with Gasteiger partial charge in [-0.15, -0.1) is 0 Å². The molecule has 0 saturated heterocycles. The van der Waals surface area contributed by atoms with E-state index in [0.29, 0.717) is 42.2 Å². The third-order valence-corrected chi connectivity index (χ3v) is 5.17. The fourth-order valence-corrected chi connectivity index (χ4v) is 3.95. The summed E-state index contributed by atoms with van der Waals surface area (Å²) in [6, 6.07) is 14.4.